The van der Waals surface area contributed by atoms with Gasteiger partial charge in [0.1, 0.15) is 5.82 Å². The highest BCUT2D eigenvalue weighted by Gasteiger charge is 2.31. The molecule has 1 aromatic rings. The van der Waals surface area contributed by atoms with Crippen LogP contribution in [0.2, 0.25) is 0 Å². The number of nitrogens with two attached hydrogens (primary N) is 1. The number of sulfone groups is 1. The van der Waals surface area contributed by atoms with Crippen molar-refractivity contribution in [2.45, 2.75) is 18.9 Å². The summed E-state index contributed by atoms with van der Waals surface area (Å²) in [5.41, 5.74) is 7.24. The van der Waals surface area contributed by atoms with E-state index in [2.05, 4.69) is 0 Å². The predicted octanol–water partition coefficient (Wildman–Crippen LogP) is 0.950. The number of anilines is 1. The molecule has 1 atom stereocenters. The minimum atomic E-state index is -2.92. The zero-order valence-corrected chi connectivity index (χ0v) is 11.8. The van der Waals surface area contributed by atoms with Gasteiger partial charge in [0.15, 0.2) is 9.84 Å². The summed E-state index contributed by atoms with van der Waals surface area (Å²) in [4.78, 5) is 1.94. The molecule has 0 radical (unpaired) electrons. The summed E-state index contributed by atoms with van der Waals surface area (Å²) in [6.45, 7) is 0.438. The highest BCUT2D eigenvalue weighted by molar-refractivity contribution is 7.91. The first kappa shape index (κ1) is 14.3. The summed E-state index contributed by atoms with van der Waals surface area (Å²) in [7, 11) is -1.06. The van der Waals surface area contributed by atoms with Gasteiger partial charge in [0.25, 0.3) is 0 Å². The molecule has 0 aromatic heterocycles. The van der Waals surface area contributed by atoms with Crippen molar-refractivity contribution >= 4 is 15.5 Å². The van der Waals surface area contributed by atoms with Gasteiger partial charge in [-0.25, -0.2) is 12.8 Å². The molecule has 2 rings (SSSR count). The number of benzene rings is 1. The molecule has 0 bridgehead atoms. The minimum absolute atomic E-state index is 0.0352. The smallest absolute Gasteiger partial charge is 0.152 e. The summed E-state index contributed by atoms with van der Waals surface area (Å²) in [5.74, 6) is 0.109. The molecule has 1 aliphatic rings. The van der Waals surface area contributed by atoms with Crippen molar-refractivity contribution in [3.63, 3.8) is 0 Å². The second-order valence-corrected chi connectivity index (χ2v) is 7.21. The SMILES string of the molecule is CN(c1ccc(F)cc1CCN)C1CCS(=O)(=O)C1. The first-order valence-corrected chi connectivity index (χ1v) is 8.17. The van der Waals surface area contributed by atoms with E-state index in [1.807, 2.05) is 11.9 Å². The molecule has 0 saturated carbocycles. The minimum Gasteiger partial charge on any atom is -0.370 e. The van der Waals surface area contributed by atoms with Gasteiger partial charge in [-0.15, -0.1) is 0 Å². The highest BCUT2D eigenvalue weighted by atomic mass is 32.2. The van der Waals surface area contributed by atoms with E-state index in [-0.39, 0.29) is 23.4 Å². The molecule has 2 N–H and O–H groups in total. The number of halogens is 1. The molecule has 0 amide bonds. The van der Waals surface area contributed by atoms with Crippen molar-refractivity contribution in [1.29, 1.82) is 0 Å². The molecule has 19 heavy (non-hydrogen) atoms. The Bertz CT molecular complexity index is 560. The standard InChI is InChI=1S/C13H19FN2O2S/c1-16(12-5-7-19(17,18)9-12)13-3-2-11(14)8-10(13)4-6-15/h2-3,8,12H,4-7,9,15H2,1H3. The van der Waals surface area contributed by atoms with Gasteiger partial charge in [0.05, 0.1) is 11.5 Å². The van der Waals surface area contributed by atoms with Crippen LogP contribution >= 0.6 is 0 Å². The van der Waals surface area contributed by atoms with E-state index < -0.39 is 9.84 Å². The van der Waals surface area contributed by atoms with Crippen molar-refractivity contribution < 1.29 is 12.8 Å². The number of hydrogen-bond acceptors (Lipinski definition) is 4. The Hall–Kier alpha value is -1.14. The third kappa shape index (κ3) is 3.25. The first-order chi connectivity index (χ1) is 8.93. The molecular weight excluding hydrogens is 267 g/mol. The van der Waals surface area contributed by atoms with Crippen LogP contribution < -0.4 is 10.6 Å². The molecule has 1 saturated heterocycles. The van der Waals surface area contributed by atoms with Crippen molar-refractivity contribution in [3.05, 3.63) is 29.6 Å². The molecule has 1 aromatic carbocycles. The topological polar surface area (TPSA) is 63.4 Å². The van der Waals surface area contributed by atoms with E-state index in [1.54, 1.807) is 6.07 Å². The van der Waals surface area contributed by atoms with Crippen LogP contribution in [0, 0.1) is 5.82 Å². The van der Waals surface area contributed by atoms with Gasteiger partial charge in [-0.2, -0.15) is 0 Å². The van der Waals surface area contributed by atoms with Crippen molar-refractivity contribution in [1.82, 2.24) is 0 Å². The maximum atomic E-state index is 13.3. The molecular formula is C13H19FN2O2S. The van der Waals surface area contributed by atoms with Gasteiger partial charge in [0, 0.05) is 18.8 Å². The molecule has 1 unspecified atom stereocenters. The average Bonchev–Trinajstić information content (AvgIpc) is 2.70. The summed E-state index contributed by atoms with van der Waals surface area (Å²) in [6.07, 6.45) is 1.20. The summed E-state index contributed by atoms with van der Waals surface area (Å²) >= 11 is 0. The summed E-state index contributed by atoms with van der Waals surface area (Å²) in [6, 6.07) is 4.54. The van der Waals surface area contributed by atoms with E-state index in [1.165, 1.54) is 12.1 Å². The van der Waals surface area contributed by atoms with Gasteiger partial charge < -0.3 is 10.6 Å². The van der Waals surface area contributed by atoms with Crippen LogP contribution in [0.15, 0.2) is 18.2 Å². The van der Waals surface area contributed by atoms with Gasteiger partial charge in [-0.3, -0.25) is 0 Å². The number of rotatable bonds is 4. The Morgan fingerprint density at radius 3 is 2.79 bits per heavy atom. The lowest BCUT2D eigenvalue weighted by Crippen LogP contribution is -2.33. The Labute approximate surface area is 113 Å². The highest BCUT2D eigenvalue weighted by Crippen LogP contribution is 2.27. The molecule has 1 heterocycles. The van der Waals surface area contributed by atoms with Crippen LogP contribution in [0.5, 0.6) is 0 Å². The van der Waals surface area contributed by atoms with Crippen LogP contribution in [0.25, 0.3) is 0 Å². The van der Waals surface area contributed by atoms with Crippen LogP contribution in [-0.2, 0) is 16.3 Å². The molecule has 106 valence electrons. The van der Waals surface area contributed by atoms with E-state index in [0.29, 0.717) is 19.4 Å². The van der Waals surface area contributed by atoms with Gasteiger partial charge in [0.2, 0.25) is 0 Å². The number of nitrogens with zero attached hydrogens (tertiary/aromatic N) is 1. The maximum absolute atomic E-state index is 13.3. The summed E-state index contributed by atoms with van der Waals surface area (Å²) in [5, 5.41) is 0. The molecule has 1 aliphatic heterocycles. The normalized spacial score (nSPS) is 21.5. The van der Waals surface area contributed by atoms with Crippen molar-refractivity contribution in [2.75, 3.05) is 30.0 Å². The largest absolute Gasteiger partial charge is 0.370 e. The van der Waals surface area contributed by atoms with Crippen LogP contribution in [0.4, 0.5) is 10.1 Å². The Morgan fingerprint density at radius 1 is 1.47 bits per heavy atom. The van der Waals surface area contributed by atoms with E-state index in [9.17, 15) is 12.8 Å². The first-order valence-electron chi connectivity index (χ1n) is 6.35. The van der Waals surface area contributed by atoms with Crippen LogP contribution in [0.3, 0.4) is 0 Å². The summed E-state index contributed by atoms with van der Waals surface area (Å²) < 4.78 is 36.3. The van der Waals surface area contributed by atoms with Gasteiger partial charge >= 0.3 is 0 Å². The Morgan fingerprint density at radius 2 is 2.21 bits per heavy atom. The second-order valence-electron chi connectivity index (χ2n) is 4.98. The lowest BCUT2D eigenvalue weighted by atomic mass is 10.1. The van der Waals surface area contributed by atoms with Crippen molar-refractivity contribution in [3.8, 4) is 0 Å². The zero-order chi connectivity index (χ0) is 14.0. The Kier molecular flexibility index (Phi) is 4.10. The molecule has 1 fully saturated rings. The fourth-order valence-corrected chi connectivity index (χ4v) is 4.31. The van der Waals surface area contributed by atoms with Gasteiger partial charge in [-0.1, -0.05) is 0 Å². The molecule has 0 spiro atoms. The molecule has 4 nitrogen and oxygen atoms in total. The fourth-order valence-electron chi connectivity index (χ4n) is 2.53. The predicted molar refractivity (Wildman–Crippen MR) is 74.6 cm³/mol. The van der Waals surface area contributed by atoms with Crippen LogP contribution in [-0.4, -0.2) is 39.6 Å². The quantitative estimate of drug-likeness (QED) is 0.895. The van der Waals surface area contributed by atoms with E-state index >= 15 is 0 Å². The lowest BCUT2D eigenvalue weighted by molar-refractivity contribution is 0.600. The van der Waals surface area contributed by atoms with E-state index in [0.717, 1.165) is 11.3 Å². The van der Waals surface area contributed by atoms with Crippen molar-refractivity contribution in [2.24, 2.45) is 5.73 Å². The number of hydrogen-bond donors (Lipinski definition) is 1. The molecule has 0 aliphatic carbocycles. The molecule has 6 heteroatoms. The van der Waals surface area contributed by atoms with Gasteiger partial charge in [-0.05, 0) is 43.1 Å². The maximum Gasteiger partial charge on any atom is 0.152 e. The third-order valence-corrected chi connectivity index (χ3v) is 5.34. The monoisotopic (exact) mass is 286 g/mol. The second kappa shape index (κ2) is 5.46. The fraction of sp³-hybridized carbons (Fsp3) is 0.538. The Balaban J connectivity index is 2.26. The third-order valence-electron chi connectivity index (χ3n) is 3.59. The van der Waals surface area contributed by atoms with Crippen LogP contribution in [0.1, 0.15) is 12.0 Å². The zero-order valence-electron chi connectivity index (χ0n) is 11.0. The van der Waals surface area contributed by atoms with E-state index in [4.69, 9.17) is 5.73 Å². The average molecular weight is 286 g/mol. The lowest BCUT2D eigenvalue weighted by Gasteiger charge is -2.28.